The number of aliphatic imine (C=N–C) groups is 1. The molecule has 54 heavy (non-hydrogen) atoms. The molecule has 1 aromatic heterocycles. The Labute approximate surface area is 319 Å². The van der Waals surface area contributed by atoms with Gasteiger partial charge in [0.2, 0.25) is 0 Å². The summed E-state index contributed by atoms with van der Waals surface area (Å²) in [6, 6.07) is 32.5. The molecule has 0 amide bonds. The van der Waals surface area contributed by atoms with Crippen LogP contribution in [-0.2, 0) is 13.1 Å². The van der Waals surface area contributed by atoms with E-state index in [0.29, 0.717) is 32.1 Å². The summed E-state index contributed by atoms with van der Waals surface area (Å²) in [6.07, 6.45) is 8.57. The monoisotopic (exact) mass is 731 g/mol. The molecule has 1 aliphatic rings. The number of nitrogens with zero attached hydrogens (tertiary/aromatic N) is 5. The van der Waals surface area contributed by atoms with Gasteiger partial charge in [-0.2, -0.15) is 0 Å². The summed E-state index contributed by atoms with van der Waals surface area (Å²) >= 11 is 0. The SMILES string of the molecule is C/C=C\C(=C/C(C)C)N(CC(O)CN1C=NCc2ccccc21)c1ccccc1.CC.O=C(O)c1ccccc1OCC(O)Cn1cnc2ccccc21. The Kier molecular flexibility index (Phi) is 16.0. The topological polar surface area (TPSA) is 124 Å². The van der Waals surface area contributed by atoms with Gasteiger partial charge < -0.3 is 34.4 Å². The fraction of sp³-hybridized carbons (Fsp3) is 0.295. The largest absolute Gasteiger partial charge is 0.490 e. The maximum atomic E-state index is 11.1. The number of carboxylic acids is 1. The third kappa shape index (κ3) is 11.6. The number of aliphatic hydroxyl groups excluding tert-OH is 2. The molecule has 2 unspecified atom stereocenters. The Morgan fingerprint density at radius 3 is 2.31 bits per heavy atom. The van der Waals surface area contributed by atoms with E-state index < -0.39 is 18.2 Å². The molecule has 0 saturated carbocycles. The molecule has 3 N–H and O–H groups in total. The Bertz CT molecular complexity index is 1990. The van der Waals surface area contributed by atoms with Gasteiger partial charge in [0.15, 0.2) is 0 Å². The minimum Gasteiger partial charge on any atom is -0.490 e. The number of hydrogen-bond acceptors (Lipinski definition) is 8. The first-order chi connectivity index (χ1) is 26.2. The number of imidazole rings is 1. The van der Waals surface area contributed by atoms with Crippen LogP contribution >= 0.6 is 0 Å². The molecule has 2 atom stereocenters. The van der Waals surface area contributed by atoms with Gasteiger partial charge in [-0.3, -0.25) is 4.99 Å². The van der Waals surface area contributed by atoms with Gasteiger partial charge in [-0.25, -0.2) is 9.78 Å². The molecule has 0 spiro atoms. The maximum absolute atomic E-state index is 11.1. The van der Waals surface area contributed by atoms with E-state index in [0.717, 1.165) is 28.1 Å². The zero-order valence-electron chi connectivity index (χ0n) is 31.9. The van der Waals surface area contributed by atoms with E-state index in [9.17, 15) is 15.0 Å². The van der Waals surface area contributed by atoms with E-state index in [-0.39, 0.29) is 17.9 Å². The van der Waals surface area contributed by atoms with Crippen molar-refractivity contribution in [1.82, 2.24) is 9.55 Å². The van der Waals surface area contributed by atoms with Crippen LogP contribution in [0.25, 0.3) is 11.0 Å². The fourth-order valence-corrected chi connectivity index (χ4v) is 5.97. The third-order valence-electron chi connectivity index (χ3n) is 8.29. The van der Waals surface area contributed by atoms with Gasteiger partial charge in [0.05, 0.1) is 56.0 Å². The number of fused-ring (bicyclic) bond motifs is 2. The molecular formula is C44H53N5O5. The second-order valence-corrected chi connectivity index (χ2v) is 12.8. The maximum Gasteiger partial charge on any atom is 0.339 e. The number of rotatable bonds is 14. The van der Waals surface area contributed by atoms with Crippen LogP contribution in [0.4, 0.5) is 11.4 Å². The van der Waals surface area contributed by atoms with Crippen LogP contribution in [0, 0.1) is 5.92 Å². The molecule has 10 heteroatoms. The second-order valence-electron chi connectivity index (χ2n) is 12.8. The van der Waals surface area contributed by atoms with Gasteiger partial charge >= 0.3 is 5.97 Å². The van der Waals surface area contributed by atoms with Crippen molar-refractivity contribution in [2.75, 3.05) is 29.5 Å². The Morgan fingerprint density at radius 1 is 0.889 bits per heavy atom. The lowest BCUT2D eigenvalue weighted by atomic mass is 10.1. The molecule has 0 saturated heterocycles. The number of allylic oxidation sites excluding steroid dienone is 3. The number of carboxylic acid groups (broad SMARTS) is 1. The normalized spacial score (nSPS) is 13.4. The highest BCUT2D eigenvalue weighted by Gasteiger charge is 2.21. The minimum atomic E-state index is -1.06. The molecule has 0 aliphatic carbocycles. The van der Waals surface area contributed by atoms with Crippen LogP contribution < -0.4 is 14.5 Å². The van der Waals surface area contributed by atoms with Crippen LogP contribution in [0.3, 0.4) is 0 Å². The lowest BCUT2D eigenvalue weighted by Gasteiger charge is -2.32. The van der Waals surface area contributed by atoms with E-state index >= 15 is 0 Å². The Hall–Kier alpha value is -5.71. The van der Waals surface area contributed by atoms with E-state index in [1.165, 1.54) is 11.6 Å². The van der Waals surface area contributed by atoms with Gasteiger partial charge in [0.1, 0.15) is 24.0 Å². The van der Waals surface area contributed by atoms with E-state index in [2.05, 4.69) is 65.1 Å². The van der Waals surface area contributed by atoms with Crippen molar-refractivity contribution in [2.24, 2.45) is 10.9 Å². The predicted molar refractivity (Wildman–Crippen MR) is 219 cm³/mol. The highest BCUT2D eigenvalue weighted by atomic mass is 16.5. The predicted octanol–water partition coefficient (Wildman–Crippen LogP) is 8.22. The van der Waals surface area contributed by atoms with Gasteiger partial charge in [-0.05, 0) is 66.9 Å². The summed E-state index contributed by atoms with van der Waals surface area (Å²) in [7, 11) is 0. The lowest BCUT2D eigenvalue weighted by Crippen LogP contribution is -2.40. The number of β-amino-alcohol motifs (C(OH)–C–C–N with tert-alkyl or cyclic N) is 1. The van der Waals surface area contributed by atoms with E-state index in [1.54, 1.807) is 24.5 Å². The van der Waals surface area contributed by atoms with Crippen molar-refractivity contribution in [3.05, 3.63) is 145 Å². The van der Waals surface area contributed by atoms with Crippen LogP contribution in [0.5, 0.6) is 5.75 Å². The average molecular weight is 732 g/mol. The summed E-state index contributed by atoms with van der Waals surface area (Å²) in [5.74, 6) is -0.407. The first-order valence-electron chi connectivity index (χ1n) is 18.5. The average Bonchev–Trinajstić information content (AvgIpc) is 3.60. The summed E-state index contributed by atoms with van der Waals surface area (Å²) < 4.78 is 7.30. The van der Waals surface area contributed by atoms with Crippen molar-refractivity contribution in [3.63, 3.8) is 0 Å². The molecule has 6 rings (SSSR count). The number of benzene rings is 4. The zero-order valence-corrected chi connectivity index (χ0v) is 31.9. The molecular weight excluding hydrogens is 679 g/mol. The van der Waals surface area contributed by atoms with Crippen LogP contribution in [0.15, 0.2) is 138 Å². The van der Waals surface area contributed by atoms with Crippen LogP contribution in [0.2, 0.25) is 0 Å². The Balaban J connectivity index is 0.000000235. The van der Waals surface area contributed by atoms with Gasteiger partial charge in [-0.1, -0.05) is 101 Å². The molecule has 284 valence electrons. The highest BCUT2D eigenvalue weighted by molar-refractivity contribution is 5.90. The molecule has 0 radical (unpaired) electrons. The highest BCUT2D eigenvalue weighted by Crippen LogP contribution is 2.26. The number of aliphatic hydroxyl groups is 2. The lowest BCUT2D eigenvalue weighted by molar-refractivity contribution is 0.0677. The van der Waals surface area contributed by atoms with Crippen molar-refractivity contribution in [2.45, 2.75) is 59.9 Å². The summed E-state index contributed by atoms with van der Waals surface area (Å²) in [5.41, 5.74) is 6.35. The molecule has 5 aromatic rings. The number of carbonyl (C=O) groups is 1. The number of anilines is 2. The molecule has 0 bridgehead atoms. The quantitative estimate of drug-likeness (QED) is 0.0977. The number of aromatic nitrogens is 2. The first kappa shape index (κ1) is 41.1. The molecule has 2 heterocycles. The van der Waals surface area contributed by atoms with Crippen molar-refractivity contribution < 1.29 is 24.9 Å². The van der Waals surface area contributed by atoms with Gasteiger partial charge in [-0.15, -0.1) is 0 Å². The summed E-state index contributed by atoms with van der Waals surface area (Å²) in [5, 5.41) is 30.3. The zero-order chi connectivity index (χ0) is 38.9. The molecule has 10 nitrogen and oxygen atoms in total. The number of hydrogen-bond donors (Lipinski definition) is 3. The molecule has 0 fully saturated rings. The number of para-hydroxylation sites is 5. The van der Waals surface area contributed by atoms with E-state index in [1.807, 2.05) is 97.3 Å². The number of aromatic carboxylic acids is 1. The Morgan fingerprint density at radius 2 is 1.57 bits per heavy atom. The number of ether oxygens (including phenoxy) is 1. The minimum absolute atomic E-state index is 0.00317. The second kappa shape index (κ2) is 21.1. The van der Waals surface area contributed by atoms with Crippen molar-refractivity contribution >= 4 is 34.7 Å². The third-order valence-corrected chi connectivity index (χ3v) is 8.29. The van der Waals surface area contributed by atoms with E-state index in [4.69, 9.17) is 9.84 Å². The van der Waals surface area contributed by atoms with Crippen molar-refractivity contribution in [1.29, 1.82) is 0 Å². The smallest absolute Gasteiger partial charge is 0.339 e. The summed E-state index contributed by atoms with van der Waals surface area (Å²) in [6.45, 7) is 12.4. The molecule has 1 aliphatic heterocycles. The summed E-state index contributed by atoms with van der Waals surface area (Å²) in [4.78, 5) is 24.1. The first-order valence-corrected chi connectivity index (χ1v) is 18.5. The van der Waals surface area contributed by atoms with Gasteiger partial charge in [0, 0.05) is 17.1 Å². The van der Waals surface area contributed by atoms with Gasteiger partial charge in [0.25, 0.3) is 0 Å². The van der Waals surface area contributed by atoms with Crippen LogP contribution in [-0.4, -0.2) is 69.1 Å². The van der Waals surface area contributed by atoms with Crippen LogP contribution in [0.1, 0.15) is 50.5 Å². The fourth-order valence-electron chi connectivity index (χ4n) is 5.97. The standard InChI is InChI=1S/C25H31N3O.C17H16N2O4.C2H6/c1-4-10-23(15-20(2)3)28(22-12-6-5-7-13-22)18-24(29)17-27-19-26-16-21-11-8-9-14-25(21)27;20-12(9-19-11-18-14-6-2-3-7-15(14)19)10-23-16-8-4-1-5-13(16)17(21)22;1-2/h4-15,19-20,24,29H,16-18H2,1-3H3;1-8,11-12,20H,9-10H2,(H,21,22);1-2H3/b10-4-,23-15+;;. The van der Waals surface area contributed by atoms with Crippen molar-refractivity contribution in [3.8, 4) is 5.75 Å². The molecule has 4 aromatic carbocycles.